The van der Waals surface area contributed by atoms with E-state index < -0.39 is 0 Å². The first kappa shape index (κ1) is 8.28. The molecule has 72 valence electrons. The molecule has 0 aromatic heterocycles. The van der Waals surface area contributed by atoms with E-state index in [9.17, 15) is 0 Å². The minimum Gasteiger partial charge on any atom is -0.0774 e. The number of hydrogen-bond acceptors (Lipinski definition) is 0. The lowest BCUT2D eigenvalue weighted by Gasteiger charge is -2.36. The lowest BCUT2D eigenvalue weighted by atomic mass is 9.67. The molecule has 0 atom stereocenters. The Morgan fingerprint density at radius 1 is 1.07 bits per heavy atom. The van der Waals surface area contributed by atoms with Crippen LogP contribution in [0.3, 0.4) is 0 Å². The van der Waals surface area contributed by atoms with Crippen molar-refractivity contribution < 1.29 is 0 Å². The maximum absolute atomic E-state index is 2.39. The van der Waals surface area contributed by atoms with Crippen molar-refractivity contribution in [1.82, 2.24) is 0 Å². The van der Waals surface area contributed by atoms with Crippen LogP contribution in [-0.4, -0.2) is 0 Å². The van der Waals surface area contributed by atoms with Gasteiger partial charge in [-0.1, -0.05) is 50.3 Å². The Balaban J connectivity index is 2.25. The molecule has 0 bridgehead atoms. The molecule has 0 amide bonds. The predicted molar refractivity (Wildman–Crippen MR) is 60.2 cm³/mol. The molecule has 0 heterocycles. The van der Waals surface area contributed by atoms with Crippen LogP contribution in [0.2, 0.25) is 0 Å². The van der Waals surface area contributed by atoms with Gasteiger partial charge in [-0.25, -0.2) is 0 Å². The summed E-state index contributed by atoms with van der Waals surface area (Å²) in [6, 6.07) is 8.86. The molecule has 0 heteroatoms. The fourth-order valence-electron chi connectivity index (χ4n) is 2.92. The van der Waals surface area contributed by atoms with E-state index in [4.69, 9.17) is 0 Å². The first-order chi connectivity index (χ1) is 6.66. The van der Waals surface area contributed by atoms with Crippen LogP contribution in [0.4, 0.5) is 0 Å². The van der Waals surface area contributed by atoms with Crippen LogP contribution in [-0.2, 0) is 5.41 Å². The van der Waals surface area contributed by atoms with Crippen LogP contribution >= 0.6 is 0 Å². The van der Waals surface area contributed by atoms with Crippen LogP contribution in [0.25, 0.3) is 6.08 Å². The monoisotopic (exact) mass is 184 g/mol. The molecular weight excluding hydrogens is 168 g/mol. The van der Waals surface area contributed by atoms with Gasteiger partial charge < -0.3 is 0 Å². The van der Waals surface area contributed by atoms with Gasteiger partial charge in [-0.2, -0.15) is 0 Å². The SMILES string of the molecule is CC1(C)C=Cc2ccccc2C12CC2. The predicted octanol–water partition coefficient (Wildman–Crippen LogP) is 3.77. The Labute approximate surface area is 85.6 Å². The summed E-state index contributed by atoms with van der Waals surface area (Å²) < 4.78 is 0. The molecule has 0 N–H and O–H groups in total. The summed E-state index contributed by atoms with van der Waals surface area (Å²) in [4.78, 5) is 0. The molecule has 0 unspecified atom stereocenters. The summed E-state index contributed by atoms with van der Waals surface area (Å²) in [5, 5.41) is 0. The number of benzene rings is 1. The van der Waals surface area contributed by atoms with Crippen molar-refractivity contribution in [3.8, 4) is 0 Å². The Morgan fingerprint density at radius 2 is 1.79 bits per heavy atom. The molecule has 0 saturated heterocycles. The van der Waals surface area contributed by atoms with Crippen molar-refractivity contribution in [2.45, 2.75) is 32.1 Å². The third kappa shape index (κ3) is 0.841. The summed E-state index contributed by atoms with van der Waals surface area (Å²) in [5.74, 6) is 0. The maximum Gasteiger partial charge on any atom is 0.00452 e. The number of fused-ring (bicyclic) bond motifs is 2. The van der Waals surface area contributed by atoms with E-state index in [0.29, 0.717) is 10.8 Å². The lowest BCUT2D eigenvalue weighted by Crippen LogP contribution is -2.30. The first-order valence-corrected chi connectivity index (χ1v) is 5.45. The van der Waals surface area contributed by atoms with E-state index in [-0.39, 0.29) is 0 Å². The van der Waals surface area contributed by atoms with Gasteiger partial charge in [-0.05, 0) is 29.4 Å². The van der Waals surface area contributed by atoms with Crippen LogP contribution in [0.15, 0.2) is 30.3 Å². The lowest BCUT2D eigenvalue weighted by molar-refractivity contribution is 0.347. The highest BCUT2D eigenvalue weighted by Crippen LogP contribution is 2.63. The Kier molecular flexibility index (Phi) is 1.36. The topological polar surface area (TPSA) is 0 Å². The van der Waals surface area contributed by atoms with Crippen molar-refractivity contribution in [3.05, 3.63) is 41.5 Å². The molecule has 1 fully saturated rings. The second-order valence-corrected chi connectivity index (χ2v) is 5.22. The van der Waals surface area contributed by atoms with Crippen LogP contribution in [0.1, 0.15) is 37.8 Å². The van der Waals surface area contributed by atoms with Crippen molar-refractivity contribution in [2.75, 3.05) is 0 Å². The fraction of sp³-hybridized carbons (Fsp3) is 0.429. The van der Waals surface area contributed by atoms with Gasteiger partial charge in [-0.15, -0.1) is 0 Å². The van der Waals surface area contributed by atoms with Gasteiger partial charge >= 0.3 is 0 Å². The largest absolute Gasteiger partial charge is 0.0774 e. The van der Waals surface area contributed by atoms with Gasteiger partial charge in [-0.3, -0.25) is 0 Å². The van der Waals surface area contributed by atoms with E-state index in [1.165, 1.54) is 18.4 Å². The number of hydrogen-bond donors (Lipinski definition) is 0. The number of rotatable bonds is 0. The molecule has 1 saturated carbocycles. The van der Waals surface area contributed by atoms with Gasteiger partial charge in [0.1, 0.15) is 0 Å². The van der Waals surface area contributed by atoms with E-state index in [1.54, 1.807) is 5.56 Å². The Hall–Kier alpha value is -1.04. The molecule has 2 aliphatic rings. The van der Waals surface area contributed by atoms with E-state index in [1.807, 2.05) is 0 Å². The second kappa shape index (κ2) is 2.31. The molecule has 1 aromatic rings. The van der Waals surface area contributed by atoms with Gasteiger partial charge in [0, 0.05) is 5.41 Å². The second-order valence-electron chi connectivity index (χ2n) is 5.22. The molecule has 1 aromatic carbocycles. The normalized spacial score (nSPS) is 24.7. The summed E-state index contributed by atoms with van der Waals surface area (Å²) in [7, 11) is 0. The highest BCUT2D eigenvalue weighted by molar-refractivity contribution is 5.63. The minimum absolute atomic E-state index is 0.349. The van der Waals surface area contributed by atoms with E-state index in [2.05, 4.69) is 50.3 Å². The summed E-state index contributed by atoms with van der Waals surface area (Å²) in [5.41, 5.74) is 3.83. The van der Waals surface area contributed by atoms with Gasteiger partial charge in [0.2, 0.25) is 0 Å². The average molecular weight is 184 g/mol. The molecule has 3 rings (SSSR count). The first-order valence-electron chi connectivity index (χ1n) is 5.45. The zero-order valence-corrected chi connectivity index (χ0v) is 8.88. The third-order valence-electron chi connectivity index (χ3n) is 4.14. The highest BCUT2D eigenvalue weighted by Gasteiger charge is 2.55. The van der Waals surface area contributed by atoms with E-state index in [0.717, 1.165) is 0 Å². The molecule has 0 nitrogen and oxygen atoms in total. The van der Waals surface area contributed by atoms with Crippen molar-refractivity contribution >= 4 is 6.08 Å². The number of allylic oxidation sites excluding steroid dienone is 1. The summed E-state index contributed by atoms with van der Waals surface area (Å²) in [6.07, 6.45) is 7.41. The molecule has 1 spiro atoms. The molecule has 14 heavy (non-hydrogen) atoms. The highest BCUT2D eigenvalue weighted by atomic mass is 14.6. The maximum atomic E-state index is 2.39. The zero-order chi connectivity index (χ0) is 9.81. The van der Waals surface area contributed by atoms with Gasteiger partial charge in [0.25, 0.3) is 0 Å². The van der Waals surface area contributed by atoms with Crippen LogP contribution in [0, 0.1) is 5.41 Å². The summed E-state index contributed by atoms with van der Waals surface area (Å²) >= 11 is 0. The molecule has 0 radical (unpaired) electrons. The van der Waals surface area contributed by atoms with Gasteiger partial charge in [0.15, 0.2) is 0 Å². The third-order valence-corrected chi connectivity index (χ3v) is 4.14. The average Bonchev–Trinajstić information content (AvgIpc) is 2.95. The quantitative estimate of drug-likeness (QED) is 0.575. The molecule has 2 aliphatic carbocycles. The molecular formula is C14H16. The standard InChI is InChI=1S/C14H16/c1-13(2)8-7-11-5-3-4-6-12(11)14(13)9-10-14/h3-8H,9-10H2,1-2H3. The fourth-order valence-corrected chi connectivity index (χ4v) is 2.92. The van der Waals surface area contributed by atoms with E-state index >= 15 is 0 Å². The van der Waals surface area contributed by atoms with Crippen molar-refractivity contribution in [2.24, 2.45) is 5.41 Å². The minimum atomic E-state index is 0.349. The zero-order valence-electron chi connectivity index (χ0n) is 8.88. The Morgan fingerprint density at radius 3 is 2.50 bits per heavy atom. The summed E-state index contributed by atoms with van der Waals surface area (Å²) in [6.45, 7) is 4.74. The Bertz CT molecular complexity index is 406. The van der Waals surface area contributed by atoms with Crippen molar-refractivity contribution in [3.63, 3.8) is 0 Å². The van der Waals surface area contributed by atoms with Crippen LogP contribution < -0.4 is 0 Å². The van der Waals surface area contributed by atoms with Crippen molar-refractivity contribution in [1.29, 1.82) is 0 Å². The van der Waals surface area contributed by atoms with Crippen LogP contribution in [0.5, 0.6) is 0 Å². The van der Waals surface area contributed by atoms with Gasteiger partial charge in [0.05, 0.1) is 0 Å². The smallest absolute Gasteiger partial charge is 0.00452 e. The molecule has 0 aliphatic heterocycles.